The van der Waals surface area contributed by atoms with Gasteiger partial charge in [0, 0.05) is 11.0 Å². The molecule has 1 heterocycles. The van der Waals surface area contributed by atoms with Gasteiger partial charge in [-0.25, -0.2) is 4.63 Å². The molecule has 26 heavy (non-hydrogen) atoms. The number of hydroxylamine groups is 1. The molecular weight excluding hydrogens is 408 g/mol. The molecule has 1 aliphatic carbocycles. The van der Waals surface area contributed by atoms with E-state index < -0.39 is 0 Å². The number of nitrogens with zero attached hydrogens (tertiary/aromatic N) is 3. The maximum atomic E-state index is 11.6. The molecule has 1 aromatic carbocycles. The molecule has 0 spiro atoms. The van der Waals surface area contributed by atoms with Crippen LogP contribution in [0.5, 0.6) is 0 Å². The van der Waals surface area contributed by atoms with Crippen molar-refractivity contribution in [2.75, 3.05) is 25.0 Å². The van der Waals surface area contributed by atoms with E-state index in [4.69, 9.17) is 9.74 Å². The highest BCUT2D eigenvalue weighted by Gasteiger charge is 2.28. The number of hydrogen-bond acceptors (Lipinski definition) is 8. The highest BCUT2D eigenvalue weighted by atomic mass is 79.9. The lowest BCUT2D eigenvalue weighted by molar-refractivity contribution is -0.119. The number of aliphatic hydroxyl groups excluding tert-OH is 1. The maximum absolute atomic E-state index is 11.6. The maximum Gasteiger partial charge on any atom is 0.239 e. The van der Waals surface area contributed by atoms with E-state index in [0.29, 0.717) is 0 Å². The summed E-state index contributed by atoms with van der Waals surface area (Å²) >= 11 is 3.43. The van der Waals surface area contributed by atoms with Gasteiger partial charge in [0.05, 0.1) is 19.2 Å². The quantitative estimate of drug-likeness (QED) is 0.243. The molecule has 5 N–H and O–H groups in total. The molecular formula is C15H17BrN6O4. The Morgan fingerprint density at radius 2 is 2.27 bits per heavy atom. The lowest BCUT2D eigenvalue weighted by Crippen LogP contribution is -2.32. The molecule has 0 radical (unpaired) electrons. The minimum absolute atomic E-state index is 0.0835. The summed E-state index contributed by atoms with van der Waals surface area (Å²) in [5.41, 5.74) is 4.42. The zero-order valence-electron chi connectivity index (χ0n) is 13.6. The fraction of sp³-hybridized carbons (Fsp3) is 0.333. The van der Waals surface area contributed by atoms with Crippen LogP contribution in [0.1, 0.15) is 22.9 Å². The first-order chi connectivity index (χ1) is 12.6. The number of carbonyl (C=O) groups excluding carboxylic acids is 1. The number of aliphatic imine (C=N–C) groups is 1. The van der Waals surface area contributed by atoms with Crippen molar-refractivity contribution < 1.29 is 19.7 Å². The van der Waals surface area contributed by atoms with Crippen LogP contribution in [0.4, 0.5) is 5.82 Å². The summed E-state index contributed by atoms with van der Waals surface area (Å²) in [6.07, 6.45) is 0.741. The molecule has 2 aromatic rings. The molecule has 0 saturated carbocycles. The molecule has 1 atom stereocenters. The number of fused-ring (bicyclic) bond motifs is 1. The zero-order chi connectivity index (χ0) is 18.5. The minimum Gasteiger partial charge on any atom is -0.395 e. The molecule has 0 unspecified atom stereocenters. The molecule has 0 saturated heterocycles. The van der Waals surface area contributed by atoms with E-state index in [1.165, 1.54) is 5.56 Å². The van der Waals surface area contributed by atoms with Gasteiger partial charge in [-0.15, -0.1) is 0 Å². The molecule has 10 nitrogen and oxygen atoms in total. The third-order valence-electron chi connectivity index (χ3n) is 3.83. The number of benzene rings is 1. The largest absolute Gasteiger partial charge is 0.395 e. The summed E-state index contributed by atoms with van der Waals surface area (Å²) in [6.45, 7) is -0.0855. The van der Waals surface area contributed by atoms with Gasteiger partial charge in [-0.1, -0.05) is 22.0 Å². The summed E-state index contributed by atoms with van der Waals surface area (Å²) in [4.78, 5) is 16.0. The molecule has 3 rings (SSSR count). The standard InChI is InChI=1S/C15H17BrN6O4/c16-9-2-1-8-5-11(10(8)6-9)19-15(20-25)13-14(22-26-21-13)18-7-12(24)17-3-4-23/h1-2,6,11,23,25H,3-5,7H2,(H,17,24)(H,18,22)(H,19,20)/t11-/m0/s1. The van der Waals surface area contributed by atoms with Gasteiger partial charge in [0.2, 0.25) is 11.7 Å². The number of amides is 1. The fourth-order valence-corrected chi connectivity index (χ4v) is 2.92. The van der Waals surface area contributed by atoms with Crippen LogP contribution in [-0.2, 0) is 11.2 Å². The van der Waals surface area contributed by atoms with Crippen molar-refractivity contribution in [3.63, 3.8) is 0 Å². The number of hydrogen-bond donors (Lipinski definition) is 5. The molecule has 0 bridgehead atoms. The third-order valence-corrected chi connectivity index (χ3v) is 4.33. The Balaban J connectivity index is 1.71. The first-order valence-corrected chi connectivity index (χ1v) is 8.62. The second-order valence-corrected chi connectivity index (χ2v) is 6.46. The predicted molar refractivity (Wildman–Crippen MR) is 94.9 cm³/mol. The van der Waals surface area contributed by atoms with E-state index in [9.17, 15) is 10.0 Å². The number of carbonyl (C=O) groups is 1. The molecule has 0 aliphatic heterocycles. The molecule has 1 aromatic heterocycles. The number of rotatable bonds is 7. The van der Waals surface area contributed by atoms with Crippen molar-refractivity contribution >= 4 is 33.5 Å². The second-order valence-electron chi connectivity index (χ2n) is 5.54. The lowest BCUT2D eigenvalue weighted by atomic mass is 9.84. The normalized spacial score (nSPS) is 15.8. The van der Waals surface area contributed by atoms with Crippen LogP contribution in [0, 0.1) is 0 Å². The van der Waals surface area contributed by atoms with Crippen LogP contribution in [0.15, 0.2) is 32.3 Å². The smallest absolute Gasteiger partial charge is 0.239 e. The van der Waals surface area contributed by atoms with Crippen molar-refractivity contribution in [1.29, 1.82) is 0 Å². The lowest BCUT2D eigenvalue weighted by Gasteiger charge is -2.27. The Bertz CT molecular complexity index is 824. The van der Waals surface area contributed by atoms with E-state index >= 15 is 0 Å². The number of aromatic nitrogens is 2. The van der Waals surface area contributed by atoms with E-state index in [0.717, 1.165) is 16.5 Å². The average molecular weight is 425 g/mol. The molecule has 0 fully saturated rings. The van der Waals surface area contributed by atoms with Crippen molar-refractivity contribution in [3.8, 4) is 0 Å². The molecule has 1 amide bonds. The van der Waals surface area contributed by atoms with Gasteiger partial charge < -0.3 is 15.7 Å². The van der Waals surface area contributed by atoms with Crippen LogP contribution in [0.25, 0.3) is 0 Å². The number of aliphatic hydroxyl groups is 1. The molecule has 138 valence electrons. The van der Waals surface area contributed by atoms with Crippen molar-refractivity contribution in [2.45, 2.75) is 12.5 Å². The van der Waals surface area contributed by atoms with Crippen LogP contribution in [-0.4, -0.2) is 52.1 Å². The van der Waals surface area contributed by atoms with E-state index in [1.807, 2.05) is 23.7 Å². The monoisotopic (exact) mass is 424 g/mol. The van der Waals surface area contributed by atoms with E-state index in [1.54, 1.807) is 0 Å². The minimum atomic E-state index is -0.332. The van der Waals surface area contributed by atoms with E-state index in [-0.39, 0.29) is 49.0 Å². The summed E-state index contributed by atoms with van der Waals surface area (Å²) in [5.74, 6) is -0.0837. The summed E-state index contributed by atoms with van der Waals surface area (Å²) in [6, 6.07) is 5.84. The van der Waals surface area contributed by atoms with Gasteiger partial charge >= 0.3 is 0 Å². The summed E-state index contributed by atoms with van der Waals surface area (Å²) < 4.78 is 5.64. The molecule has 11 heteroatoms. The molecule has 1 aliphatic rings. The number of amidine groups is 1. The second kappa shape index (κ2) is 8.25. The van der Waals surface area contributed by atoms with Gasteiger partial charge in [0.15, 0.2) is 11.5 Å². The van der Waals surface area contributed by atoms with Crippen LogP contribution in [0.3, 0.4) is 0 Å². The van der Waals surface area contributed by atoms with E-state index in [2.05, 4.69) is 41.9 Å². The summed E-state index contributed by atoms with van der Waals surface area (Å²) in [7, 11) is 0. The highest BCUT2D eigenvalue weighted by molar-refractivity contribution is 9.10. The summed E-state index contributed by atoms with van der Waals surface area (Å²) in [5, 5.41) is 30.8. The number of anilines is 1. The van der Waals surface area contributed by atoms with Crippen LogP contribution >= 0.6 is 15.9 Å². The Morgan fingerprint density at radius 1 is 1.42 bits per heavy atom. The highest BCUT2D eigenvalue weighted by Crippen LogP contribution is 2.38. The average Bonchev–Trinajstić information content (AvgIpc) is 3.09. The van der Waals surface area contributed by atoms with Gasteiger partial charge in [-0.3, -0.25) is 20.5 Å². The van der Waals surface area contributed by atoms with Gasteiger partial charge in [-0.05, 0) is 40.0 Å². The van der Waals surface area contributed by atoms with Crippen LogP contribution < -0.4 is 16.1 Å². The first kappa shape index (κ1) is 18.3. The number of nitrogens with one attached hydrogen (secondary N) is 3. The Labute approximate surface area is 156 Å². The van der Waals surface area contributed by atoms with Gasteiger partial charge in [-0.2, -0.15) is 0 Å². The Kier molecular flexibility index (Phi) is 5.81. The van der Waals surface area contributed by atoms with Crippen molar-refractivity contribution in [1.82, 2.24) is 21.1 Å². The zero-order valence-corrected chi connectivity index (χ0v) is 15.2. The number of halogens is 1. The fourth-order valence-electron chi connectivity index (χ4n) is 2.54. The Hall–Kier alpha value is -2.50. The topological polar surface area (TPSA) is 145 Å². The van der Waals surface area contributed by atoms with Gasteiger partial charge in [0.25, 0.3) is 0 Å². The Morgan fingerprint density at radius 3 is 3.04 bits per heavy atom. The van der Waals surface area contributed by atoms with Crippen molar-refractivity contribution in [3.05, 3.63) is 39.5 Å². The SMILES string of the molecule is O=C(CNc1nonc1C(=N[C@H]1Cc2ccc(Br)cc21)NO)NCCO. The van der Waals surface area contributed by atoms with Gasteiger partial charge in [0.1, 0.15) is 0 Å². The predicted octanol–water partition coefficient (Wildman–Crippen LogP) is 0.375. The van der Waals surface area contributed by atoms with Crippen molar-refractivity contribution in [2.24, 2.45) is 4.99 Å². The van der Waals surface area contributed by atoms with Crippen LogP contribution in [0.2, 0.25) is 0 Å². The third kappa shape index (κ3) is 4.00. The first-order valence-electron chi connectivity index (χ1n) is 7.83.